The summed E-state index contributed by atoms with van der Waals surface area (Å²) < 4.78 is 6.54. The van der Waals surface area contributed by atoms with Crippen LogP contribution in [0.25, 0.3) is 0 Å². The van der Waals surface area contributed by atoms with E-state index >= 15 is 0 Å². The van der Waals surface area contributed by atoms with Crippen LogP contribution in [-0.4, -0.2) is 30.9 Å². The molecule has 0 aliphatic carbocycles. The zero-order valence-electron chi connectivity index (χ0n) is 10.9. The number of amides is 1. The molecule has 1 amide bonds. The Morgan fingerprint density at radius 1 is 1.58 bits per heavy atom. The molecule has 1 aromatic carbocycles. The van der Waals surface area contributed by atoms with E-state index in [1.807, 2.05) is 12.1 Å². The molecule has 1 N–H and O–H groups in total. The van der Waals surface area contributed by atoms with E-state index in [0.29, 0.717) is 12.3 Å². The van der Waals surface area contributed by atoms with Crippen molar-refractivity contribution in [2.24, 2.45) is 0 Å². The molecule has 1 heterocycles. The summed E-state index contributed by atoms with van der Waals surface area (Å²) in [7, 11) is 0. The first-order chi connectivity index (χ1) is 9.15. The van der Waals surface area contributed by atoms with Crippen LogP contribution in [0.3, 0.4) is 0 Å². The molecule has 0 spiro atoms. The molecule has 3 nitrogen and oxygen atoms in total. The molecule has 19 heavy (non-hydrogen) atoms. The van der Waals surface area contributed by atoms with Gasteiger partial charge in [0.05, 0.1) is 11.9 Å². The number of rotatable bonds is 5. The zero-order chi connectivity index (χ0) is 13.7. The third-order valence-corrected chi connectivity index (χ3v) is 4.72. The van der Waals surface area contributed by atoms with Crippen LogP contribution in [0.15, 0.2) is 27.6 Å². The number of hydrogen-bond donors (Lipinski definition) is 1. The number of ether oxygens (including phenoxy) is 1. The summed E-state index contributed by atoms with van der Waals surface area (Å²) in [5.74, 6) is 0.526. The van der Waals surface area contributed by atoms with Crippen LogP contribution in [-0.2, 0) is 9.53 Å². The summed E-state index contributed by atoms with van der Waals surface area (Å²) in [6.45, 7) is 3.52. The molecule has 104 valence electrons. The first-order valence-corrected chi connectivity index (χ1v) is 8.20. The van der Waals surface area contributed by atoms with Crippen LogP contribution in [0.5, 0.6) is 0 Å². The van der Waals surface area contributed by atoms with Gasteiger partial charge >= 0.3 is 0 Å². The third kappa shape index (κ3) is 4.82. The quantitative estimate of drug-likeness (QED) is 0.834. The minimum atomic E-state index is 0.0721. The van der Waals surface area contributed by atoms with Gasteiger partial charge in [0.1, 0.15) is 0 Å². The van der Waals surface area contributed by atoms with Gasteiger partial charge in [0.25, 0.3) is 0 Å². The van der Waals surface area contributed by atoms with Crippen LogP contribution in [0.1, 0.15) is 18.4 Å². The van der Waals surface area contributed by atoms with Crippen molar-refractivity contribution in [1.29, 1.82) is 0 Å². The van der Waals surface area contributed by atoms with Crippen molar-refractivity contribution >= 4 is 33.6 Å². The van der Waals surface area contributed by atoms with E-state index in [9.17, 15) is 4.79 Å². The van der Waals surface area contributed by atoms with Gasteiger partial charge in [-0.3, -0.25) is 4.79 Å². The average molecular weight is 344 g/mol. The molecule has 1 aliphatic rings. The van der Waals surface area contributed by atoms with Crippen LogP contribution >= 0.6 is 27.7 Å². The number of nitrogens with one attached hydrogen (secondary N) is 1. The Balaban J connectivity index is 1.73. The minimum absolute atomic E-state index is 0.0721. The highest BCUT2D eigenvalue weighted by Crippen LogP contribution is 2.25. The molecule has 1 fully saturated rings. The summed E-state index contributed by atoms with van der Waals surface area (Å²) in [5.41, 5.74) is 1.19. The lowest BCUT2D eigenvalue weighted by Gasteiger charge is -2.11. The first kappa shape index (κ1) is 14.9. The topological polar surface area (TPSA) is 38.3 Å². The largest absolute Gasteiger partial charge is 0.376 e. The molecule has 0 unspecified atom stereocenters. The fraction of sp³-hybridized carbons (Fsp3) is 0.500. The van der Waals surface area contributed by atoms with Gasteiger partial charge in [-0.2, -0.15) is 0 Å². The maximum atomic E-state index is 11.8. The summed E-state index contributed by atoms with van der Waals surface area (Å²) >= 11 is 5.01. The van der Waals surface area contributed by atoms with Crippen LogP contribution < -0.4 is 5.32 Å². The second kappa shape index (κ2) is 7.31. The number of benzene rings is 1. The monoisotopic (exact) mass is 343 g/mol. The van der Waals surface area contributed by atoms with E-state index < -0.39 is 0 Å². The van der Waals surface area contributed by atoms with Crippen LogP contribution in [0, 0.1) is 6.92 Å². The van der Waals surface area contributed by atoms with Gasteiger partial charge in [-0.1, -0.05) is 15.9 Å². The number of hydrogen-bond acceptors (Lipinski definition) is 3. The Morgan fingerprint density at radius 3 is 3.11 bits per heavy atom. The number of carbonyl (C=O) groups is 1. The van der Waals surface area contributed by atoms with Gasteiger partial charge in [0.2, 0.25) is 5.91 Å². The molecule has 1 aromatic rings. The lowest BCUT2D eigenvalue weighted by molar-refractivity contribution is -0.119. The van der Waals surface area contributed by atoms with Gasteiger partial charge in [0, 0.05) is 22.5 Å². The Hall–Kier alpha value is -0.520. The zero-order valence-corrected chi connectivity index (χ0v) is 13.4. The molecule has 1 atom stereocenters. The average Bonchev–Trinajstić information content (AvgIpc) is 2.88. The van der Waals surface area contributed by atoms with Gasteiger partial charge in [0.15, 0.2) is 0 Å². The number of thioether (sulfide) groups is 1. The molecule has 0 aromatic heterocycles. The highest BCUT2D eigenvalue weighted by Gasteiger charge is 2.16. The standard InChI is InChI=1S/C14H18BrNO2S/c1-10-7-11(15)4-5-13(10)19-9-14(17)16-8-12-3-2-6-18-12/h4-5,7,12H,2-3,6,8-9H2,1H3,(H,16,17)/t12-/m1/s1. The Bertz CT molecular complexity index is 447. The molecule has 5 heteroatoms. The summed E-state index contributed by atoms with van der Waals surface area (Å²) in [6.07, 6.45) is 2.37. The van der Waals surface area contributed by atoms with Gasteiger partial charge in [-0.25, -0.2) is 0 Å². The van der Waals surface area contributed by atoms with Crippen LogP contribution in [0.2, 0.25) is 0 Å². The molecule has 0 bridgehead atoms. The van der Waals surface area contributed by atoms with Crippen molar-refractivity contribution in [3.8, 4) is 0 Å². The molecule has 1 aliphatic heterocycles. The highest BCUT2D eigenvalue weighted by molar-refractivity contribution is 9.10. The molecule has 0 saturated carbocycles. The van der Waals surface area contributed by atoms with E-state index in [-0.39, 0.29) is 12.0 Å². The number of halogens is 1. The number of carbonyl (C=O) groups excluding carboxylic acids is 1. The van der Waals surface area contributed by atoms with Crippen molar-refractivity contribution in [3.63, 3.8) is 0 Å². The molecule has 0 radical (unpaired) electrons. The lowest BCUT2D eigenvalue weighted by Crippen LogP contribution is -2.32. The molecule has 1 saturated heterocycles. The van der Waals surface area contributed by atoms with Crippen molar-refractivity contribution in [3.05, 3.63) is 28.2 Å². The highest BCUT2D eigenvalue weighted by atomic mass is 79.9. The van der Waals surface area contributed by atoms with Crippen molar-refractivity contribution in [2.75, 3.05) is 18.9 Å². The second-order valence-electron chi connectivity index (χ2n) is 4.64. The number of aryl methyl sites for hydroxylation is 1. The predicted octanol–water partition coefficient (Wildman–Crippen LogP) is 3.14. The Kier molecular flexibility index (Phi) is 5.73. The third-order valence-electron chi connectivity index (χ3n) is 3.05. The smallest absolute Gasteiger partial charge is 0.230 e. The summed E-state index contributed by atoms with van der Waals surface area (Å²) in [5, 5.41) is 2.93. The van der Waals surface area contributed by atoms with Gasteiger partial charge < -0.3 is 10.1 Å². The van der Waals surface area contributed by atoms with E-state index in [4.69, 9.17) is 4.74 Å². The van der Waals surface area contributed by atoms with Gasteiger partial charge in [-0.05, 0) is 43.5 Å². The second-order valence-corrected chi connectivity index (χ2v) is 6.57. The lowest BCUT2D eigenvalue weighted by atomic mass is 10.2. The van der Waals surface area contributed by atoms with E-state index in [2.05, 4.69) is 34.2 Å². The van der Waals surface area contributed by atoms with Crippen molar-refractivity contribution < 1.29 is 9.53 Å². The maximum Gasteiger partial charge on any atom is 0.230 e. The fourth-order valence-electron chi connectivity index (χ4n) is 2.00. The van der Waals surface area contributed by atoms with Crippen molar-refractivity contribution in [2.45, 2.75) is 30.8 Å². The minimum Gasteiger partial charge on any atom is -0.376 e. The maximum absolute atomic E-state index is 11.8. The first-order valence-electron chi connectivity index (χ1n) is 6.42. The van der Waals surface area contributed by atoms with Gasteiger partial charge in [-0.15, -0.1) is 11.8 Å². The summed E-state index contributed by atoms with van der Waals surface area (Å²) in [4.78, 5) is 12.9. The molecular weight excluding hydrogens is 326 g/mol. The predicted molar refractivity (Wildman–Crippen MR) is 81.6 cm³/mol. The normalized spacial score (nSPS) is 18.5. The van der Waals surface area contributed by atoms with Crippen LogP contribution in [0.4, 0.5) is 0 Å². The SMILES string of the molecule is Cc1cc(Br)ccc1SCC(=O)NC[C@H]1CCCO1. The summed E-state index contributed by atoms with van der Waals surface area (Å²) in [6, 6.07) is 6.10. The van der Waals surface area contributed by atoms with E-state index in [1.165, 1.54) is 5.56 Å². The van der Waals surface area contributed by atoms with E-state index in [1.54, 1.807) is 11.8 Å². The molecular formula is C14H18BrNO2S. The van der Waals surface area contributed by atoms with Crippen molar-refractivity contribution in [1.82, 2.24) is 5.32 Å². The fourth-order valence-corrected chi connectivity index (χ4v) is 3.32. The van der Waals surface area contributed by atoms with E-state index in [0.717, 1.165) is 28.8 Å². The Morgan fingerprint density at radius 2 is 2.42 bits per heavy atom. The molecule has 2 rings (SSSR count). The Labute approximate surface area is 126 Å².